The molecule has 2 aromatic heterocycles. The van der Waals surface area contributed by atoms with Crippen molar-refractivity contribution in [2.45, 2.75) is 12.5 Å². The molecular weight excluding hydrogens is 362 g/mol. The van der Waals surface area contributed by atoms with Crippen molar-refractivity contribution in [3.63, 3.8) is 0 Å². The molecule has 0 amide bonds. The largest absolute Gasteiger partial charge is 0.404 e. The molecule has 0 aliphatic rings. The van der Waals surface area contributed by atoms with Gasteiger partial charge in [0.1, 0.15) is 5.69 Å². The van der Waals surface area contributed by atoms with E-state index in [9.17, 15) is 0 Å². The first-order valence-electron chi connectivity index (χ1n) is 9.29. The van der Waals surface area contributed by atoms with E-state index in [2.05, 4.69) is 10.1 Å². The van der Waals surface area contributed by atoms with Gasteiger partial charge in [-0.25, -0.2) is 0 Å². The van der Waals surface area contributed by atoms with Gasteiger partial charge in [0.05, 0.1) is 5.69 Å². The summed E-state index contributed by atoms with van der Waals surface area (Å²) in [6.45, 7) is 0. The van der Waals surface area contributed by atoms with Gasteiger partial charge in [-0.15, -0.1) is 0 Å². The molecule has 2 aromatic carbocycles. The van der Waals surface area contributed by atoms with E-state index in [0.29, 0.717) is 17.7 Å². The molecule has 4 rings (SSSR count). The number of hydrogen-bond donors (Lipinski definition) is 3. The summed E-state index contributed by atoms with van der Waals surface area (Å²) in [5, 5.41) is 12.7. The number of nitrogens with zero attached hydrogens (tertiary/aromatic N) is 2. The second kappa shape index (κ2) is 8.08. The van der Waals surface area contributed by atoms with Gasteiger partial charge in [0.15, 0.2) is 5.58 Å². The van der Waals surface area contributed by atoms with Crippen LogP contribution >= 0.6 is 0 Å². The van der Waals surface area contributed by atoms with Crippen molar-refractivity contribution in [3.05, 3.63) is 89.9 Å². The molecule has 6 heteroatoms. The Bertz CT molecular complexity index is 1190. The summed E-state index contributed by atoms with van der Waals surface area (Å²) >= 11 is 0. The first-order valence-corrected chi connectivity index (χ1v) is 9.29. The maximum Gasteiger partial charge on any atom is 0.167 e. The topological polar surface area (TPSA) is 115 Å². The van der Waals surface area contributed by atoms with Crippen molar-refractivity contribution in [2.75, 3.05) is 0 Å². The van der Waals surface area contributed by atoms with Gasteiger partial charge in [0.2, 0.25) is 0 Å². The van der Waals surface area contributed by atoms with Crippen molar-refractivity contribution in [1.29, 1.82) is 5.41 Å². The molecule has 0 radical (unpaired) electrons. The molecule has 144 valence electrons. The monoisotopic (exact) mass is 383 g/mol. The van der Waals surface area contributed by atoms with Gasteiger partial charge in [0, 0.05) is 47.1 Å². The van der Waals surface area contributed by atoms with E-state index >= 15 is 0 Å². The fourth-order valence-electron chi connectivity index (χ4n) is 3.41. The zero-order chi connectivity index (χ0) is 20.2. The highest BCUT2D eigenvalue weighted by molar-refractivity contribution is 6.07. The van der Waals surface area contributed by atoms with E-state index in [4.69, 9.17) is 21.4 Å². The third-order valence-electron chi connectivity index (χ3n) is 4.86. The van der Waals surface area contributed by atoms with E-state index in [1.165, 1.54) is 12.4 Å². The van der Waals surface area contributed by atoms with Gasteiger partial charge in [-0.3, -0.25) is 4.98 Å². The number of benzene rings is 2. The van der Waals surface area contributed by atoms with Crippen LogP contribution in [-0.4, -0.2) is 16.4 Å². The van der Waals surface area contributed by atoms with E-state index in [0.717, 1.165) is 33.5 Å². The van der Waals surface area contributed by atoms with Gasteiger partial charge in [-0.05, 0) is 29.8 Å². The number of aromatic nitrogens is 2. The molecule has 0 saturated carbocycles. The molecule has 0 saturated heterocycles. The number of rotatable bonds is 6. The van der Waals surface area contributed by atoms with E-state index < -0.39 is 0 Å². The van der Waals surface area contributed by atoms with Gasteiger partial charge in [-0.2, -0.15) is 0 Å². The fourth-order valence-corrected chi connectivity index (χ4v) is 3.41. The van der Waals surface area contributed by atoms with Crippen molar-refractivity contribution >= 4 is 22.8 Å². The predicted molar refractivity (Wildman–Crippen MR) is 115 cm³/mol. The minimum absolute atomic E-state index is 0.283. The molecule has 29 heavy (non-hydrogen) atoms. The summed E-state index contributed by atoms with van der Waals surface area (Å²) in [4.78, 5) is 4.61. The highest BCUT2D eigenvalue weighted by atomic mass is 16.5. The first kappa shape index (κ1) is 18.6. The Kier molecular flexibility index (Phi) is 5.18. The number of hydrogen-bond acceptors (Lipinski definition) is 6. The highest BCUT2D eigenvalue weighted by Crippen LogP contribution is 2.33. The summed E-state index contributed by atoms with van der Waals surface area (Å²) in [5.74, 6) is 0. The Balaban J connectivity index is 1.68. The van der Waals surface area contributed by atoms with E-state index in [1.54, 1.807) is 0 Å². The molecule has 0 aliphatic carbocycles. The molecular formula is C23H21N5O. The quantitative estimate of drug-likeness (QED) is 0.434. The number of pyridine rings is 1. The van der Waals surface area contributed by atoms with Crippen LogP contribution in [0, 0.1) is 5.41 Å². The zero-order valence-electron chi connectivity index (χ0n) is 15.7. The lowest BCUT2D eigenvalue weighted by molar-refractivity contribution is 0.459. The first-order chi connectivity index (χ1) is 14.2. The number of para-hydroxylation sites is 1. The lowest BCUT2D eigenvalue weighted by atomic mass is 9.94. The van der Waals surface area contributed by atoms with Crippen molar-refractivity contribution < 1.29 is 4.52 Å². The van der Waals surface area contributed by atoms with Crippen LogP contribution in [0.4, 0.5) is 0 Å². The van der Waals surface area contributed by atoms with Gasteiger partial charge < -0.3 is 21.4 Å². The zero-order valence-corrected chi connectivity index (χ0v) is 15.7. The molecule has 5 N–H and O–H groups in total. The Labute approximate surface area is 168 Å². The average molecular weight is 383 g/mol. The lowest BCUT2D eigenvalue weighted by Crippen LogP contribution is -2.15. The number of allylic oxidation sites excluding steroid dienone is 1. The molecule has 0 spiro atoms. The maximum absolute atomic E-state index is 7.46. The molecule has 1 unspecified atom stereocenters. The predicted octanol–water partition coefficient (Wildman–Crippen LogP) is 4.08. The van der Waals surface area contributed by atoms with Crippen LogP contribution in [0.1, 0.15) is 23.0 Å². The van der Waals surface area contributed by atoms with Crippen LogP contribution in [0.25, 0.3) is 27.8 Å². The minimum Gasteiger partial charge on any atom is -0.404 e. The smallest absolute Gasteiger partial charge is 0.167 e. The van der Waals surface area contributed by atoms with Gasteiger partial charge in [0.25, 0.3) is 0 Å². The molecule has 4 aromatic rings. The molecule has 0 bridgehead atoms. The van der Waals surface area contributed by atoms with Gasteiger partial charge in [-0.1, -0.05) is 47.6 Å². The number of nitrogens with one attached hydrogen (secondary N) is 1. The van der Waals surface area contributed by atoms with E-state index in [-0.39, 0.29) is 6.04 Å². The summed E-state index contributed by atoms with van der Waals surface area (Å²) in [7, 11) is 0. The fraction of sp³-hybridized carbons (Fsp3) is 0.0870. The molecule has 1 atom stereocenters. The Morgan fingerprint density at radius 1 is 1.03 bits per heavy atom. The van der Waals surface area contributed by atoms with Crippen LogP contribution in [0.2, 0.25) is 0 Å². The van der Waals surface area contributed by atoms with Crippen LogP contribution in [0.15, 0.2) is 77.5 Å². The van der Waals surface area contributed by atoms with Crippen LogP contribution in [-0.2, 0) is 6.42 Å². The summed E-state index contributed by atoms with van der Waals surface area (Å²) in [6, 6.07) is 21.1. The Hall–Kier alpha value is -3.77. The molecule has 0 fully saturated rings. The Morgan fingerprint density at radius 2 is 1.83 bits per heavy atom. The second-order valence-electron chi connectivity index (χ2n) is 6.71. The van der Waals surface area contributed by atoms with Gasteiger partial charge >= 0.3 is 0 Å². The highest BCUT2D eigenvalue weighted by Gasteiger charge is 2.18. The molecule has 0 aliphatic heterocycles. The minimum atomic E-state index is -0.283. The van der Waals surface area contributed by atoms with Crippen molar-refractivity contribution in [3.8, 4) is 11.3 Å². The SMILES string of the molecule is N=C/C(=C\N)c1cccc(CC(N)c2ccccc2-c2noc3ccccc23)n1. The Morgan fingerprint density at radius 3 is 2.66 bits per heavy atom. The van der Waals surface area contributed by atoms with E-state index in [1.807, 2.05) is 66.7 Å². The third kappa shape index (κ3) is 3.66. The third-order valence-corrected chi connectivity index (χ3v) is 4.86. The van der Waals surface area contributed by atoms with Crippen LogP contribution in [0.3, 0.4) is 0 Å². The second-order valence-corrected chi connectivity index (χ2v) is 6.71. The molecule has 6 nitrogen and oxygen atoms in total. The summed E-state index contributed by atoms with van der Waals surface area (Å²) in [5.41, 5.74) is 17.7. The number of nitrogens with two attached hydrogens (primary N) is 2. The average Bonchev–Trinajstić information content (AvgIpc) is 3.19. The van der Waals surface area contributed by atoms with Crippen molar-refractivity contribution in [1.82, 2.24) is 10.1 Å². The lowest BCUT2D eigenvalue weighted by Gasteiger charge is -2.16. The standard InChI is InChI=1S/C23H21N5O/c24-13-15(14-25)21-10-5-6-16(27-21)12-20(26)17-7-1-2-8-18(17)23-19-9-3-4-11-22(19)29-28-23/h1-11,13-14,20,24H,12,25-26H2/b15-14+,24-13?. The summed E-state index contributed by atoms with van der Waals surface area (Å²) in [6.07, 6.45) is 3.11. The van der Waals surface area contributed by atoms with Crippen molar-refractivity contribution in [2.24, 2.45) is 11.5 Å². The maximum atomic E-state index is 7.46. The molecule has 2 heterocycles. The normalized spacial score (nSPS) is 12.8. The van der Waals surface area contributed by atoms with Crippen LogP contribution < -0.4 is 11.5 Å². The summed E-state index contributed by atoms with van der Waals surface area (Å²) < 4.78 is 5.48. The number of fused-ring (bicyclic) bond motifs is 1. The van der Waals surface area contributed by atoms with Crippen LogP contribution in [0.5, 0.6) is 0 Å².